The highest BCUT2D eigenvalue weighted by Gasteiger charge is 2.12. The van der Waals surface area contributed by atoms with Crippen LogP contribution in [0.5, 0.6) is 0 Å². The number of hydrogen-bond acceptors (Lipinski definition) is 6. The summed E-state index contributed by atoms with van der Waals surface area (Å²) in [5.74, 6) is 0.238. The van der Waals surface area contributed by atoms with Crippen LogP contribution in [-0.4, -0.2) is 27.8 Å². The number of anilines is 2. The van der Waals surface area contributed by atoms with E-state index in [0.29, 0.717) is 16.8 Å². The van der Waals surface area contributed by atoms with E-state index in [2.05, 4.69) is 20.8 Å². The Labute approximate surface area is 166 Å². The van der Waals surface area contributed by atoms with Crippen LogP contribution in [0.15, 0.2) is 52.1 Å². The average Bonchev–Trinajstić information content (AvgIpc) is 3.11. The van der Waals surface area contributed by atoms with Crippen LogP contribution in [0.1, 0.15) is 18.1 Å². The Morgan fingerprint density at radius 2 is 1.79 bits per heavy atom. The van der Waals surface area contributed by atoms with E-state index in [1.165, 1.54) is 18.7 Å². The molecule has 0 unspecified atom stereocenters. The third kappa shape index (κ3) is 5.20. The van der Waals surface area contributed by atoms with Crippen LogP contribution in [0.2, 0.25) is 0 Å². The first-order valence-electron chi connectivity index (χ1n) is 8.62. The lowest BCUT2D eigenvalue weighted by molar-refractivity contribution is -0.114. The second-order valence-electron chi connectivity index (χ2n) is 6.29. The molecule has 0 fully saturated rings. The van der Waals surface area contributed by atoms with Gasteiger partial charge in [-0.25, -0.2) is 0 Å². The summed E-state index contributed by atoms with van der Waals surface area (Å²) in [6.07, 6.45) is 0. The first kappa shape index (κ1) is 19.6. The normalized spacial score (nSPS) is 10.5. The van der Waals surface area contributed by atoms with Gasteiger partial charge in [-0.2, -0.15) is 0 Å². The van der Waals surface area contributed by atoms with E-state index >= 15 is 0 Å². The van der Waals surface area contributed by atoms with Gasteiger partial charge in [-0.1, -0.05) is 29.5 Å². The summed E-state index contributed by atoms with van der Waals surface area (Å²) in [4.78, 5) is 23.2. The predicted molar refractivity (Wildman–Crippen MR) is 109 cm³/mol. The standard InChI is InChI=1S/C20H20N4O3S/c1-12-4-9-17(13(2)10-12)22-18(26)11-28-20-24-23-19(27-20)15-5-7-16(8-6-15)21-14(3)25/h4-10H,11H2,1-3H3,(H,21,25)(H,22,26). The van der Waals surface area contributed by atoms with Crippen molar-refractivity contribution in [3.05, 3.63) is 53.6 Å². The number of benzene rings is 2. The highest BCUT2D eigenvalue weighted by Crippen LogP contribution is 2.25. The average molecular weight is 396 g/mol. The van der Waals surface area contributed by atoms with Crippen molar-refractivity contribution >= 4 is 35.0 Å². The van der Waals surface area contributed by atoms with E-state index in [1.54, 1.807) is 24.3 Å². The molecule has 0 aliphatic rings. The number of thioether (sulfide) groups is 1. The summed E-state index contributed by atoms with van der Waals surface area (Å²) < 4.78 is 5.60. The molecule has 0 radical (unpaired) electrons. The van der Waals surface area contributed by atoms with Crippen molar-refractivity contribution in [3.63, 3.8) is 0 Å². The second kappa shape index (κ2) is 8.71. The Morgan fingerprint density at radius 3 is 2.46 bits per heavy atom. The highest BCUT2D eigenvalue weighted by molar-refractivity contribution is 7.99. The molecule has 2 amide bonds. The molecule has 3 aromatic rings. The van der Waals surface area contributed by atoms with E-state index < -0.39 is 0 Å². The Morgan fingerprint density at radius 1 is 1.04 bits per heavy atom. The molecule has 0 aliphatic carbocycles. The van der Waals surface area contributed by atoms with Crippen LogP contribution in [0.4, 0.5) is 11.4 Å². The molecule has 0 spiro atoms. The second-order valence-corrected chi connectivity index (χ2v) is 7.21. The number of aryl methyl sites for hydroxylation is 2. The zero-order valence-corrected chi connectivity index (χ0v) is 16.6. The smallest absolute Gasteiger partial charge is 0.277 e. The summed E-state index contributed by atoms with van der Waals surface area (Å²) in [6, 6.07) is 12.9. The molecule has 2 N–H and O–H groups in total. The molecule has 1 heterocycles. The minimum Gasteiger partial charge on any atom is -0.411 e. The lowest BCUT2D eigenvalue weighted by Gasteiger charge is -2.08. The monoisotopic (exact) mass is 396 g/mol. The zero-order chi connectivity index (χ0) is 20.1. The molecule has 0 atom stereocenters. The van der Waals surface area contributed by atoms with Crippen LogP contribution < -0.4 is 10.6 Å². The minimum atomic E-state index is -0.142. The molecule has 1 aromatic heterocycles. The maximum absolute atomic E-state index is 12.2. The van der Waals surface area contributed by atoms with Gasteiger partial charge in [0.05, 0.1) is 5.75 Å². The van der Waals surface area contributed by atoms with Gasteiger partial charge in [0.2, 0.25) is 17.7 Å². The summed E-state index contributed by atoms with van der Waals surface area (Å²) in [6.45, 7) is 5.41. The topological polar surface area (TPSA) is 97.1 Å². The van der Waals surface area contributed by atoms with Gasteiger partial charge in [0.25, 0.3) is 5.22 Å². The van der Waals surface area contributed by atoms with E-state index in [1.807, 2.05) is 32.0 Å². The highest BCUT2D eigenvalue weighted by atomic mass is 32.2. The van der Waals surface area contributed by atoms with Gasteiger partial charge in [0.15, 0.2) is 0 Å². The first-order chi connectivity index (χ1) is 13.4. The first-order valence-corrected chi connectivity index (χ1v) is 9.61. The quantitative estimate of drug-likeness (QED) is 0.610. The number of aromatic nitrogens is 2. The van der Waals surface area contributed by atoms with E-state index in [9.17, 15) is 9.59 Å². The van der Waals surface area contributed by atoms with Gasteiger partial charge in [-0.3, -0.25) is 9.59 Å². The number of amides is 2. The molecular weight excluding hydrogens is 376 g/mol. The molecule has 0 saturated carbocycles. The number of hydrogen-bond donors (Lipinski definition) is 2. The molecule has 0 aliphatic heterocycles. The summed E-state index contributed by atoms with van der Waals surface area (Å²) in [7, 11) is 0. The van der Waals surface area contributed by atoms with Crippen LogP contribution in [0.3, 0.4) is 0 Å². The van der Waals surface area contributed by atoms with E-state index in [0.717, 1.165) is 22.4 Å². The molecule has 7 nitrogen and oxygen atoms in total. The Bertz CT molecular complexity index is 999. The summed E-state index contributed by atoms with van der Waals surface area (Å²) in [5.41, 5.74) is 4.37. The maximum Gasteiger partial charge on any atom is 0.277 e. The molecule has 8 heteroatoms. The Hall–Kier alpha value is -3.13. The molecule has 2 aromatic carbocycles. The maximum atomic E-state index is 12.2. The molecule has 0 bridgehead atoms. The van der Waals surface area contributed by atoms with Crippen LogP contribution in [-0.2, 0) is 9.59 Å². The molecule has 3 rings (SSSR count). The fourth-order valence-corrected chi connectivity index (χ4v) is 3.11. The number of nitrogens with zero attached hydrogens (tertiary/aromatic N) is 2. The third-order valence-electron chi connectivity index (χ3n) is 3.84. The largest absolute Gasteiger partial charge is 0.411 e. The lowest BCUT2D eigenvalue weighted by atomic mass is 10.1. The van der Waals surface area contributed by atoms with Crippen molar-refractivity contribution in [2.24, 2.45) is 0 Å². The van der Waals surface area contributed by atoms with Gasteiger partial charge >= 0.3 is 0 Å². The Kier molecular flexibility index (Phi) is 6.10. The molecule has 144 valence electrons. The molecule has 0 saturated heterocycles. The lowest BCUT2D eigenvalue weighted by Crippen LogP contribution is -2.14. The van der Waals surface area contributed by atoms with E-state index in [-0.39, 0.29) is 17.6 Å². The van der Waals surface area contributed by atoms with Gasteiger partial charge in [-0.05, 0) is 49.7 Å². The van der Waals surface area contributed by atoms with Crippen molar-refractivity contribution in [1.29, 1.82) is 0 Å². The van der Waals surface area contributed by atoms with Gasteiger partial charge in [0, 0.05) is 23.9 Å². The SMILES string of the molecule is CC(=O)Nc1ccc(-c2nnc(SCC(=O)Nc3ccc(C)cc3C)o2)cc1. The van der Waals surface area contributed by atoms with Gasteiger partial charge < -0.3 is 15.1 Å². The van der Waals surface area contributed by atoms with Crippen LogP contribution >= 0.6 is 11.8 Å². The van der Waals surface area contributed by atoms with Crippen molar-refractivity contribution in [3.8, 4) is 11.5 Å². The van der Waals surface area contributed by atoms with Crippen molar-refractivity contribution in [1.82, 2.24) is 10.2 Å². The van der Waals surface area contributed by atoms with Crippen molar-refractivity contribution in [2.45, 2.75) is 26.0 Å². The summed E-state index contributed by atoms with van der Waals surface area (Å²) >= 11 is 1.17. The number of carbonyl (C=O) groups is 2. The summed E-state index contributed by atoms with van der Waals surface area (Å²) in [5, 5.41) is 13.9. The minimum absolute atomic E-state index is 0.136. The third-order valence-corrected chi connectivity index (χ3v) is 4.66. The van der Waals surface area contributed by atoms with Gasteiger partial charge in [0.1, 0.15) is 0 Å². The Balaban J connectivity index is 1.57. The number of nitrogens with one attached hydrogen (secondary N) is 2. The molecular formula is C20H20N4O3S. The van der Waals surface area contributed by atoms with Crippen LogP contribution in [0, 0.1) is 13.8 Å². The number of carbonyl (C=O) groups excluding carboxylic acids is 2. The van der Waals surface area contributed by atoms with Crippen LogP contribution in [0.25, 0.3) is 11.5 Å². The zero-order valence-electron chi connectivity index (χ0n) is 15.8. The number of rotatable bonds is 6. The predicted octanol–water partition coefficient (Wildman–Crippen LogP) is 4.04. The molecule has 28 heavy (non-hydrogen) atoms. The fourth-order valence-electron chi connectivity index (χ4n) is 2.55. The fraction of sp³-hybridized carbons (Fsp3) is 0.200. The van der Waals surface area contributed by atoms with Gasteiger partial charge in [-0.15, -0.1) is 10.2 Å². The van der Waals surface area contributed by atoms with Crippen molar-refractivity contribution in [2.75, 3.05) is 16.4 Å². The van der Waals surface area contributed by atoms with E-state index in [4.69, 9.17) is 4.42 Å². The van der Waals surface area contributed by atoms with Crippen molar-refractivity contribution < 1.29 is 14.0 Å².